The lowest BCUT2D eigenvalue weighted by Crippen LogP contribution is -2.37. The highest BCUT2D eigenvalue weighted by Gasteiger charge is 2.14. The quantitative estimate of drug-likeness (QED) is 0.796. The number of benzene rings is 1. The minimum Gasteiger partial charge on any atom is -0.374 e. The van der Waals surface area contributed by atoms with Gasteiger partial charge in [-0.05, 0) is 58.7 Å². The molecule has 6 heteroatoms. The largest absolute Gasteiger partial charge is 0.374 e. The van der Waals surface area contributed by atoms with Gasteiger partial charge in [-0.2, -0.15) is 0 Å². The third-order valence-electron chi connectivity index (χ3n) is 3.84. The van der Waals surface area contributed by atoms with E-state index in [9.17, 15) is 4.79 Å². The van der Waals surface area contributed by atoms with Crippen LogP contribution >= 0.6 is 0 Å². The minimum atomic E-state index is -0.235. The monoisotopic (exact) mass is 345 g/mol. The van der Waals surface area contributed by atoms with Gasteiger partial charge in [0.1, 0.15) is 5.76 Å². The Labute approximate surface area is 148 Å². The summed E-state index contributed by atoms with van der Waals surface area (Å²) < 4.78 is 10.7. The Morgan fingerprint density at radius 2 is 2.04 bits per heavy atom. The molecule has 0 saturated carbocycles. The molecule has 0 aliphatic carbocycles. The first kappa shape index (κ1) is 19.0. The first-order chi connectivity index (χ1) is 11.8. The molecule has 0 aliphatic rings. The van der Waals surface area contributed by atoms with Crippen molar-refractivity contribution in [3.8, 4) is 0 Å². The van der Waals surface area contributed by atoms with Crippen LogP contribution in [0.25, 0.3) is 0 Å². The van der Waals surface area contributed by atoms with Crippen LogP contribution < -0.4 is 10.6 Å². The van der Waals surface area contributed by atoms with Crippen LogP contribution in [0.1, 0.15) is 43.4 Å². The molecule has 2 rings (SSSR count). The molecule has 0 spiro atoms. The maximum Gasteiger partial charge on any atom is 0.319 e. The average molecular weight is 345 g/mol. The summed E-state index contributed by atoms with van der Waals surface area (Å²) in [7, 11) is 0. The van der Waals surface area contributed by atoms with Crippen molar-refractivity contribution in [3.63, 3.8) is 0 Å². The Morgan fingerprint density at radius 1 is 1.28 bits per heavy atom. The number of nitrogens with one attached hydrogen (secondary N) is 2. The lowest BCUT2D eigenvalue weighted by molar-refractivity contribution is 0.0657. The van der Waals surface area contributed by atoms with Crippen molar-refractivity contribution in [2.45, 2.75) is 59.8 Å². The van der Waals surface area contributed by atoms with E-state index in [2.05, 4.69) is 15.8 Å². The summed E-state index contributed by atoms with van der Waals surface area (Å²) in [4.78, 5) is 12.2. The first-order valence-corrected chi connectivity index (χ1v) is 8.55. The number of ether oxygens (including phenoxy) is 1. The maximum atomic E-state index is 12.2. The van der Waals surface area contributed by atoms with Crippen molar-refractivity contribution in [3.05, 3.63) is 46.8 Å². The fourth-order valence-corrected chi connectivity index (χ4v) is 2.54. The predicted molar refractivity (Wildman–Crippen MR) is 97.7 cm³/mol. The molecule has 0 fully saturated rings. The van der Waals surface area contributed by atoms with Crippen LogP contribution in [-0.2, 0) is 17.8 Å². The van der Waals surface area contributed by atoms with E-state index >= 15 is 0 Å². The molecular weight excluding hydrogens is 318 g/mol. The lowest BCUT2D eigenvalue weighted by Gasteiger charge is -2.15. The molecule has 2 aromatic rings. The van der Waals surface area contributed by atoms with E-state index in [1.807, 2.05) is 58.9 Å². The average Bonchev–Trinajstić information content (AvgIpc) is 2.85. The van der Waals surface area contributed by atoms with Crippen molar-refractivity contribution >= 4 is 11.7 Å². The number of aryl methyl sites for hydroxylation is 2. The molecular formula is C19H27N3O3. The molecule has 25 heavy (non-hydrogen) atoms. The minimum absolute atomic E-state index is 0.0377. The van der Waals surface area contributed by atoms with Gasteiger partial charge in [0.25, 0.3) is 0 Å². The van der Waals surface area contributed by atoms with Crippen LogP contribution in [0.3, 0.4) is 0 Å². The number of hydrogen-bond acceptors (Lipinski definition) is 4. The Bertz CT molecular complexity index is 690. The van der Waals surface area contributed by atoms with Crippen molar-refractivity contribution in [2.75, 3.05) is 5.32 Å². The number of carbonyl (C=O) groups excluding carboxylic acids is 1. The standard InChI is InChI=1S/C19H27N3O3/c1-12(2)24-11-16-7-6-8-17(10-16)21-19(23)20-13(3)9-18-14(4)22-25-15(18)5/h6-8,10,12-13H,9,11H2,1-5H3,(H2,20,21,23)/t13-/m1/s1. The third kappa shape index (κ3) is 5.90. The van der Waals surface area contributed by atoms with Gasteiger partial charge in [-0.15, -0.1) is 0 Å². The van der Waals surface area contributed by atoms with Crippen molar-refractivity contribution in [2.24, 2.45) is 0 Å². The number of nitrogens with zero attached hydrogens (tertiary/aromatic N) is 1. The molecule has 1 atom stereocenters. The third-order valence-corrected chi connectivity index (χ3v) is 3.84. The van der Waals surface area contributed by atoms with Crippen molar-refractivity contribution in [1.82, 2.24) is 10.5 Å². The summed E-state index contributed by atoms with van der Waals surface area (Å²) in [5, 5.41) is 9.75. The molecule has 2 amide bonds. The molecule has 6 nitrogen and oxygen atoms in total. The number of aromatic nitrogens is 1. The number of hydrogen-bond donors (Lipinski definition) is 2. The zero-order valence-electron chi connectivity index (χ0n) is 15.6. The highest BCUT2D eigenvalue weighted by atomic mass is 16.5. The second-order valence-corrected chi connectivity index (χ2v) is 6.57. The molecule has 1 aromatic heterocycles. The Balaban J connectivity index is 1.88. The Hall–Kier alpha value is -2.34. The van der Waals surface area contributed by atoms with E-state index in [1.165, 1.54) is 0 Å². The van der Waals surface area contributed by atoms with Gasteiger partial charge in [0.2, 0.25) is 0 Å². The van der Waals surface area contributed by atoms with Crippen LogP contribution in [0, 0.1) is 13.8 Å². The van der Waals surface area contributed by atoms with Crippen molar-refractivity contribution < 1.29 is 14.1 Å². The molecule has 0 unspecified atom stereocenters. The molecule has 0 bridgehead atoms. The number of carbonyl (C=O) groups is 1. The Kier molecular flexibility index (Phi) is 6.58. The smallest absolute Gasteiger partial charge is 0.319 e. The molecule has 1 heterocycles. The van der Waals surface area contributed by atoms with Crippen LogP contribution in [0.5, 0.6) is 0 Å². The number of anilines is 1. The topological polar surface area (TPSA) is 76.4 Å². The number of urea groups is 1. The zero-order valence-corrected chi connectivity index (χ0v) is 15.6. The van der Waals surface area contributed by atoms with Gasteiger partial charge in [0.15, 0.2) is 0 Å². The second-order valence-electron chi connectivity index (χ2n) is 6.57. The second kappa shape index (κ2) is 8.67. The van der Waals surface area contributed by atoms with Crippen LogP contribution in [-0.4, -0.2) is 23.3 Å². The van der Waals surface area contributed by atoms with E-state index in [1.54, 1.807) is 0 Å². The zero-order chi connectivity index (χ0) is 18.4. The molecule has 0 saturated heterocycles. The summed E-state index contributed by atoms with van der Waals surface area (Å²) >= 11 is 0. The van der Waals surface area contributed by atoms with Crippen molar-refractivity contribution in [1.29, 1.82) is 0 Å². The highest BCUT2D eigenvalue weighted by molar-refractivity contribution is 5.89. The van der Waals surface area contributed by atoms with Gasteiger partial charge in [-0.25, -0.2) is 4.79 Å². The van der Waals surface area contributed by atoms with Crippen LogP contribution in [0.15, 0.2) is 28.8 Å². The molecule has 1 aromatic carbocycles. The highest BCUT2D eigenvalue weighted by Crippen LogP contribution is 2.15. The van der Waals surface area contributed by atoms with Gasteiger partial charge in [-0.1, -0.05) is 17.3 Å². The van der Waals surface area contributed by atoms with Crippen LogP contribution in [0.2, 0.25) is 0 Å². The molecule has 136 valence electrons. The summed E-state index contributed by atoms with van der Waals surface area (Å²) in [5.74, 6) is 0.796. The van der Waals surface area contributed by atoms with E-state index in [-0.39, 0.29) is 18.2 Å². The first-order valence-electron chi connectivity index (χ1n) is 8.55. The van der Waals surface area contributed by atoms with E-state index in [0.29, 0.717) is 13.0 Å². The summed E-state index contributed by atoms with van der Waals surface area (Å²) in [6.45, 7) is 10.3. The number of amides is 2. The summed E-state index contributed by atoms with van der Waals surface area (Å²) in [5.41, 5.74) is 3.67. The molecule has 0 aliphatic heterocycles. The van der Waals surface area contributed by atoms with Gasteiger partial charge < -0.3 is 19.9 Å². The van der Waals surface area contributed by atoms with Gasteiger partial charge in [0, 0.05) is 17.3 Å². The lowest BCUT2D eigenvalue weighted by atomic mass is 10.1. The van der Waals surface area contributed by atoms with Crippen LogP contribution in [0.4, 0.5) is 10.5 Å². The Morgan fingerprint density at radius 3 is 2.68 bits per heavy atom. The van der Waals surface area contributed by atoms with Gasteiger partial charge in [-0.3, -0.25) is 0 Å². The maximum absolute atomic E-state index is 12.2. The molecule has 2 N–H and O–H groups in total. The predicted octanol–water partition coefficient (Wildman–Crippen LogP) is 3.97. The fraction of sp³-hybridized carbons (Fsp3) is 0.474. The molecule has 0 radical (unpaired) electrons. The normalized spacial score (nSPS) is 12.2. The number of rotatable bonds is 7. The summed E-state index contributed by atoms with van der Waals surface area (Å²) in [6.07, 6.45) is 0.849. The SMILES string of the molecule is Cc1noc(C)c1C[C@@H](C)NC(=O)Nc1cccc(COC(C)C)c1. The fourth-order valence-electron chi connectivity index (χ4n) is 2.54. The van der Waals surface area contributed by atoms with E-state index in [0.717, 1.165) is 28.3 Å². The van der Waals surface area contributed by atoms with Gasteiger partial charge in [0.05, 0.1) is 18.4 Å². The van der Waals surface area contributed by atoms with E-state index in [4.69, 9.17) is 9.26 Å². The summed E-state index contributed by atoms with van der Waals surface area (Å²) in [6, 6.07) is 7.39. The van der Waals surface area contributed by atoms with E-state index < -0.39 is 0 Å². The van der Waals surface area contributed by atoms with Gasteiger partial charge >= 0.3 is 6.03 Å².